The molecule has 2 aliphatic rings. The molecule has 0 bridgehead atoms. The maximum Gasteiger partial charge on any atom is 0.238 e. The molecular formula is C21H23BrN2O2S. The fraction of sp³-hybridized carbons (Fsp3) is 0.333. The van der Waals surface area contributed by atoms with E-state index < -0.39 is 10.0 Å². The van der Waals surface area contributed by atoms with Crippen LogP contribution < -0.4 is 10.5 Å². The highest BCUT2D eigenvalue weighted by molar-refractivity contribution is 9.09. The molecule has 0 fully saturated rings. The second-order valence-corrected chi connectivity index (χ2v) is 9.66. The molecule has 2 aromatic rings. The van der Waals surface area contributed by atoms with Crippen LogP contribution >= 0.6 is 15.9 Å². The first-order valence-corrected chi connectivity index (χ1v) is 11.9. The van der Waals surface area contributed by atoms with E-state index in [2.05, 4.69) is 57.7 Å². The summed E-state index contributed by atoms with van der Waals surface area (Å²) in [6, 6.07) is 14.2. The number of benzene rings is 2. The summed E-state index contributed by atoms with van der Waals surface area (Å²) in [4.78, 5) is 0.177. The number of fused-ring (bicyclic) bond motifs is 3. The molecule has 0 saturated carbocycles. The van der Waals surface area contributed by atoms with Crippen molar-refractivity contribution in [2.45, 2.75) is 36.1 Å². The average Bonchev–Trinajstić information content (AvgIpc) is 3.15. The highest BCUT2D eigenvalue weighted by Gasteiger charge is 2.38. The fourth-order valence-electron chi connectivity index (χ4n) is 4.24. The molecular weight excluding hydrogens is 424 g/mol. The number of nitrogens with one attached hydrogen (secondary N) is 1. The Bertz CT molecular complexity index is 970. The van der Waals surface area contributed by atoms with Crippen molar-refractivity contribution in [2.75, 3.05) is 10.6 Å². The number of anilines is 1. The fourth-order valence-corrected chi connectivity index (χ4v) is 5.07. The largest absolute Gasteiger partial charge is 0.378 e. The van der Waals surface area contributed by atoms with Crippen molar-refractivity contribution in [2.24, 2.45) is 11.1 Å². The molecule has 4 rings (SSSR count). The number of hydrogen-bond donors (Lipinski definition) is 2. The van der Waals surface area contributed by atoms with E-state index in [9.17, 15) is 8.42 Å². The SMILES string of the molecule is NS(=O)(=O)c1ccc2c(c1)C1C=CCC1C(c1ccc(CCCBr)cc1)N2. The zero-order valence-corrected chi connectivity index (χ0v) is 17.3. The van der Waals surface area contributed by atoms with Crippen molar-refractivity contribution in [3.63, 3.8) is 0 Å². The van der Waals surface area contributed by atoms with Crippen LogP contribution in [0.2, 0.25) is 0 Å². The molecule has 6 heteroatoms. The summed E-state index contributed by atoms with van der Waals surface area (Å²) in [6.07, 6.45) is 7.60. The van der Waals surface area contributed by atoms with E-state index in [1.807, 2.05) is 6.07 Å². The number of rotatable bonds is 5. The number of sulfonamides is 1. The van der Waals surface area contributed by atoms with Gasteiger partial charge in [0.1, 0.15) is 0 Å². The lowest BCUT2D eigenvalue weighted by Gasteiger charge is -2.37. The van der Waals surface area contributed by atoms with Gasteiger partial charge < -0.3 is 5.32 Å². The summed E-state index contributed by atoms with van der Waals surface area (Å²) >= 11 is 3.48. The molecule has 3 unspecified atom stereocenters. The van der Waals surface area contributed by atoms with Gasteiger partial charge in [0.05, 0.1) is 10.9 Å². The van der Waals surface area contributed by atoms with Crippen LogP contribution in [0.3, 0.4) is 0 Å². The van der Waals surface area contributed by atoms with Crippen LogP contribution in [-0.4, -0.2) is 13.7 Å². The first-order valence-electron chi connectivity index (χ1n) is 9.22. The number of alkyl halides is 1. The molecule has 27 heavy (non-hydrogen) atoms. The van der Waals surface area contributed by atoms with Crippen molar-refractivity contribution in [1.29, 1.82) is 0 Å². The molecule has 4 nitrogen and oxygen atoms in total. The third-order valence-electron chi connectivity index (χ3n) is 5.60. The minimum absolute atomic E-state index is 0.177. The molecule has 2 aromatic carbocycles. The minimum Gasteiger partial charge on any atom is -0.378 e. The molecule has 0 amide bonds. The van der Waals surface area contributed by atoms with Crippen molar-refractivity contribution < 1.29 is 8.42 Å². The molecule has 3 N–H and O–H groups in total. The van der Waals surface area contributed by atoms with Gasteiger partial charge in [0.25, 0.3) is 0 Å². The predicted octanol–water partition coefficient (Wildman–Crippen LogP) is 4.49. The zero-order valence-electron chi connectivity index (χ0n) is 14.9. The average molecular weight is 447 g/mol. The molecule has 3 atom stereocenters. The van der Waals surface area contributed by atoms with E-state index in [4.69, 9.17) is 5.14 Å². The van der Waals surface area contributed by atoms with Crippen LogP contribution in [0, 0.1) is 5.92 Å². The van der Waals surface area contributed by atoms with Gasteiger partial charge in [-0.2, -0.15) is 0 Å². The van der Waals surface area contributed by atoms with Crippen molar-refractivity contribution in [1.82, 2.24) is 0 Å². The van der Waals surface area contributed by atoms with Gasteiger partial charge in [-0.1, -0.05) is 52.3 Å². The van der Waals surface area contributed by atoms with Crippen LogP contribution in [0.4, 0.5) is 5.69 Å². The Morgan fingerprint density at radius 1 is 1.15 bits per heavy atom. The van der Waals surface area contributed by atoms with Gasteiger partial charge >= 0.3 is 0 Å². The Kier molecular flexibility index (Phi) is 5.14. The van der Waals surface area contributed by atoms with Crippen molar-refractivity contribution >= 4 is 31.6 Å². The molecule has 1 aliphatic carbocycles. The van der Waals surface area contributed by atoms with Crippen molar-refractivity contribution in [3.05, 3.63) is 71.3 Å². The van der Waals surface area contributed by atoms with Gasteiger partial charge in [-0.15, -0.1) is 0 Å². The summed E-state index contributed by atoms with van der Waals surface area (Å²) in [5.74, 6) is 0.586. The lowest BCUT2D eigenvalue weighted by Crippen LogP contribution is -2.29. The van der Waals surface area contributed by atoms with Gasteiger partial charge in [0, 0.05) is 16.9 Å². The lowest BCUT2D eigenvalue weighted by molar-refractivity contribution is 0.425. The van der Waals surface area contributed by atoms with Gasteiger partial charge in [-0.3, -0.25) is 0 Å². The molecule has 1 heterocycles. The highest BCUT2D eigenvalue weighted by atomic mass is 79.9. The van der Waals surface area contributed by atoms with Crippen LogP contribution in [0.15, 0.2) is 59.5 Å². The second-order valence-electron chi connectivity index (χ2n) is 7.30. The number of halogens is 1. The maximum absolute atomic E-state index is 11.7. The molecule has 1 aliphatic heterocycles. The number of allylic oxidation sites excluding steroid dienone is 2. The smallest absolute Gasteiger partial charge is 0.238 e. The van der Waals surface area contributed by atoms with E-state index in [1.165, 1.54) is 11.1 Å². The van der Waals surface area contributed by atoms with Crippen LogP contribution in [-0.2, 0) is 16.4 Å². The highest BCUT2D eigenvalue weighted by Crippen LogP contribution is 2.50. The van der Waals surface area contributed by atoms with Gasteiger partial charge in [-0.05, 0) is 60.1 Å². The first kappa shape index (κ1) is 18.7. The second kappa shape index (κ2) is 7.41. The number of primary sulfonamides is 1. The third kappa shape index (κ3) is 3.71. The summed E-state index contributed by atoms with van der Waals surface area (Å²) in [5.41, 5.74) is 4.64. The topological polar surface area (TPSA) is 72.2 Å². The third-order valence-corrected chi connectivity index (χ3v) is 7.07. The Morgan fingerprint density at radius 3 is 2.63 bits per heavy atom. The summed E-state index contributed by atoms with van der Waals surface area (Å²) in [5, 5.41) is 9.99. The zero-order chi connectivity index (χ0) is 19.0. The molecule has 142 valence electrons. The monoisotopic (exact) mass is 446 g/mol. The Hall–Kier alpha value is -1.63. The van der Waals surface area contributed by atoms with E-state index in [0.29, 0.717) is 5.92 Å². The Morgan fingerprint density at radius 2 is 1.93 bits per heavy atom. The molecule has 0 spiro atoms. The normalized spacial score (nSPS) is 23.6. The quantitative estimate of drug-likeness (QED) is 0.524. The Labute approximate surface area is 169 Å². The lowest BCUT2D eigenvalue weighted by atomic mass is 9.77. The molecule has 0 saturated heterocycles. The van der Waals surface area contributed by atoms with E-state index in [-0.39, 0.29) is 16.9 Å². The summed E-state index contributed by atoms with van der Waals surface area (Å²) in [7, 11) is -3.70. The minimum atomic E-state index is -3.70. The van der Waals surface area contributed by atoms with E-state index in [0.717, 1.165) is 35.8 Å². The number of nitrogens with two attached hydrogens (primary N) is 1. The maximum atomic E-state index is 11.7. The van der Waals surface area contributed by atoms with E-state index >= 15 is 0 Å². The number of hydrogen-bond acceptors (Lipinski definition) is 3. The molecule has 0 radical (unpaired) electrons. The van der Waals surface area contributed by atoms with Gasteiger partial charge in [0.2, 0.25) is 10.0 Å². The Balaban J connectivity index is 1.66. The summed E-state index contributed by atoms with van der Waals surface area (Å²) < 4.78 is 23.5. The standard InChI is InChI=1S/C21H23BrN2O2S/c22-12-2-3-14-6-8-15(9-7-14)21-18-5-1-4-17(18)19-13-16(27(23,25)26)10-11-20(19)24-21/h1,4,6-11,13,17-18,21,24H,2-3,5,12H2,(H2,23,25,26). The van der Waals surface area contributed by atoms with Gasteiger partial charge in [-0.25, -0.2) is 13.6 Å². The van der Waals surface area contributed by atoms with Crippen LogP contribution in [0.25, 0.3) is 0 Å². The molecule has 0 aromatic heterocycles. The summed E-state index contributed by atoms with van der Waals surface area (Å²) in [6.45, 7) is 0. The van der Waals surface area contributed by atoms with Gasteiger partial charge in [0.15, 0.2) is 0 Å². The van der Waals surface area contributed by atoms with Crippen LogP contribution in [0.1, 0.15) is 41.5 Å². The number of aryl methyl sites for hydroxylation is 1. The first-order chi connectivity index (χ1) is 13.0. The van der Waals surface area contributed by atoms with Crippen molar-refractivity contribution in [3.8, 4) is 0 Å². The predicted molar refractivity (Wildman–Crippen MR) is 113 cm³/mol. The van der Waals surface area contributed by atoms with Crippen LogP contribution in [0.5, 0.6) is 0 Å². The van der Waals surface area contributed by atoms with E-state index in [1.54, 1.807) is 12.1 Å².